The number of aliphatic hydroxyl groups excluding tert-OH is 1. The second-order valence-corrected chi connectivity index (χ2v) is 16.5. The molecule has 1 amide bonds. The summed E-state index contributed by atoms with van der Waals surface area (Å²) >= 11 is 0. The number of nitrogens with two attached hydrogens (primary N) is 2. The van der Waals surface area contributed by atoms with Crippen molar-refractivity contribution in [2.24, 2.45) is 45.0 Å². The number of epoxide rings is 1. The van der Waals surface area contributed by atoms with Crippen molar-refractivity contribution in [2.45, 2.75) is 140 Å². The average Bonchev–Trinajstić information content (AvgIpc) is 3.83. The summed E-state index contributed by atoms with van der Waals surface area (Å²) in [6.45, 7) is 3.96. The van der Waals surface area contributed by atoms with E-state index in [0.717, 1.165) is 37.7 Å². The van der Waals surface area contributed by atoms with Crippen LogP contribution in [0.2, 0.25) is 0 Å². The van der Waals surface area contributed by atoms with Crippen molar-refractivity contribution in [2.75, 3.05) is 13.2 Å². The van der Waals surface area contributed by atoms with Crippen LogP contribution < -0.4 is 22.4 Å². The third-order valence-corrected chi connectivity index (χ3v) is 13.6. The number of hydrogen-bond acceptors (Lipinski definition) is 11. The number of unbranched alkanes of at least 4 members (excludes halogenated alkanes) is 2. The van der Waals surface area contributed by atoms with Gasteiger partial charge in [0.2, 0.25) is 5.91 Å². The molecule has 15 nitrogen and oxygen atoms in total. The molecule has 7 N–H and O–H groups in total. The molecule has 6 rings (SSSR count). The molecule has 0 unspecified atom stereocenters. The number of carboxylic acid groups (broad SMARTS) is 1. The molecule has 1 aromatic rings. The van der Waals surface area contributed by atoms with Gasteiger partial charge in [-0.2, -0.15) is 0 Å². The van der Waals surface area contributed by atoms with Gasteiger partial charge in [0.25, 0.3) is 0 Å². The van der Waals surface area contributed by atoms with Crippen molar-refractivity contribution < 1.29 is 48.0 Å². The number of aliphatic hydroxyl groups is 1. The van der Waals surface area contributed by atoms with Crippen molar-refractivity contribution in [3.05, 3.63) is 34.4 Å². The molecule has 0 radical (unpaired) electrons. The van der Waals surface area contributed by atoms with E-state index >= 15 is 0 Å². The number of hydrogen-bond donors (Lipinski definition) is 5. The third kappa shape index (κ3) is 7.49. The minimum atomic E-state index is -1.12. The predicted molar refractivity (Wildman–Crippen MR) is 194 cm³/mol. The Hall–Kier alpha value is -3.98. The molecule has 11 atom stereocenters. The number of amides is 1. The van der Waals surface area contributed by atoms with Gasteiger partial charge in [0, 0.05) is 50.3 Å². The molecule has 1 aliphatic heterocycles. The molecule has 54 heavy (non-hydrogen) atoms. The zero-order valence-electron chi connectivity index (χ0n) is 31.3. The Balaban J connectivity index is 0.995. The lowest BCUT2D eigenvalue weighted by Gasteiger charge is -2.61. The number of aliphatic imine (C=N–C) groups is 1. The number of fused-ring (bicyclic) bond motifs is 3. The van der Waals surface area contributed by atoms with Gasteiger partial charge in [0.1, 0.15) is 30.0 Å². The molecule has 5 aliphatic rings. The van der Waals surface area contributed by atoms with Crippen LogP contribution in [-0.2, 0) is 33.4 Å². The number of carbonyl (C=O) groups is 4. The van der Waals surface area contributed by atoms with Crippen molar-refractivity contribution in [1.82, 2.24) is 5.32 Å². The summed E-state index contributed by atoms with van der Waals surface area (Å²) in [5.74, 6) is -1.82. The first-order valence-electron chi connectivity index (χ1n) is 19.6. The van der Waals surface area contributed by atoms with E-state index in [9.17, 15) is 34.2 Å². The summed E-state index contributed by atoms with van der Waals surface area (Å²) in [6, 6.07) is 2.17. The minimum Gasteiger partial charge on any atom is -0.480 e. The van der Waals surface area contributed by atoms with E-state index in [0.29, 0.717) is 38.5 Å². The first kappa shape index (κ1) is 39.7. The van der Waals surface area contributed by atoms with Gasteiger partial charge in [-0.3, -0.25) is 19.4 Å². The molecular formula is C39H56N4O11. The molecule has 15 heteroatoms. The summed E-state index contributed by atoms with van der Waals surface area (Å²) < 4.78 is 23.9. The van der Waals surface area contributed by atoms with Gasteiger partial charge in [-0.15, -0.1) is 0 Å². The van der Waals surface area contributed by atoms with Gasteiger partial charge in [-0.05, 0) is 105 Å². The summed E-state index contributed by atoms with van der Waals surface area (Å²) in [7, 11) is 0. The highest BCUT2D eigenvalue weighted by Crippen LogP contribution is 2.78. The van der Waals surface area contributed by atoms with Crippen molar-refractivity contribution >= 4 is 29.8 Å². The van der Waals surface area contributed by atoms with Gasteiger partial charge < -0.3 is 45.6 Å². The highest BCUT2D eigenvalue weighted by atomic mass is 16.7. The molecule has 298 valence electrons. The fourth-order valence-electron chi connectivity index (χ4n) is 11.3. The Morgan fingerprint density at radius 3 is 2.48 bits per heavy atom. The molecule has 0 bridgehead atoms. The Kier molecular flexibility index (Phi) is 11.8. The minimum absolute atomic E-state index is 0.0519. The summed E-state index contributed by atoms with van der Waals surface area (Å²) in [6.07, 6.45) is 8.75. The summed E-state index contributed by atoms with van der Waals surface area (Å²) in [5, 5.41) is 23.1. The van der Waals surface area contributed by atoms with Gasteiger partial charge in [-0.1, -0.05) is 13.3 Å². The Morgan fingerprint density at radius 2 is 1.80 bits per heavy atom. The number of nitrogens with one attached hydrogen (secondary N) is 1. The highest BCUT2D eigenvalue weighted by molar-refractivity contribution is 5.83. The van der Waals surface area contributed by atoms with Crippen LogP contribution in [0.1, 0.15) is 115 Å². The number of nitrogens with zero attached hydrogens (tertiary/aromatic N) is 1. The summed E-state index contributed by atoms with van der Waals surface area (Å²) in [4.78, 5) is 64.7. The number of esters is 2. The Bertz CT molecular complexity index is 1640. The lowest BCUT2D eigenvalue weighted by Crippen LogP contribution is -2.60. The quantitative estimate of drug-likeness (QED) is 0.0536. The first-order chi connectivity index (χ1) is 25.8. The normalized spacial score (nSPS) is 35.2. The van der Waals surface area contributed by atoms with E-state index in [1.54, 1.807) is 6.07 Å². The van der Waals surface area contributed by atoms with Crippen LogP contribution in [0.4, 0.5) is 0 Å². The molecule has 1 aromatic heterocycles. The van der Waals surface area contributed by atoms with Crippen LogP contribution in [0.5, 0.6) is 0 Å². The fraction of sp³-hybridized carbons (Fsp3) is 0.744. The van der Waals surface area contributed by atoms with E-state index in [4.69, 9.17) is 30.1 Å². The SMILES string of the molecule is CC(=O)O[C@H]1[C@H]2O[C@]23[C@@H]2CC[C@@H]4C[C@@H](OC(=O)CCCCCC(=O)N[C@@H](CCCN=C(N)N)C(=O)O)CC[C@]4(CO)[C@H]2CC[C@]3(C)[C@H]1c1ccc(=O)oc1. The molecular weight excluding hydrogens is 700 g/mol. The summed E-state index contributed by atoms with van der Waals surface area (Å²) in [5.41, 5.74) is 9.76. The largest absolute Gasteiger partial charge is 0.480 e. The van der Waals surface area contributed by atoms with E-state index in [1.165, 1.54) is 19.3 Å². The number of rotatable bonds is 16. The lowest BCUT2D eigenvalue weighted by molar-refractivity contribution is -0.179. The van der Waals surface area contributed by atoms with Crippen LogP contribution in [0.3, 0.4) is 0 Å². The molecule has 4 saturated carbocycles. The number of carbonyl (C=O) groups excluding carboxylic acids is 3. The predicted octanol–water partition coefficient (Wildman–Crippen LogP) is 2.90. The maximum Gasteiger partial charge on any atom is 0.335 e. The lowest BCUT2D eigenvalue weighted by atomic mass is 9.43. The Labute approximate surface area is 314 Å². The van der Waals surface area contributed by atoms with Gasteiger partial charge in [0.05, 0.1) is 6.26 Å². The van der Waals surface area contributed by atoms with E-state index in [1.807, 2.05) is 0 Å². The average molecular weight is 757 g/mol. The third-order valence-electron chi connectivity index (χ3n) is 13.6. The zero-order chi connectivity index (χ0) is 38.8. The maximum absolute atomic E-state index is 12.9. The van der Waals surface area contributed by atoms with Crippen LogP contribution in [-0.4, -0.2) is 83.1 Å². The highest BCUT2D eigenvalue weighted by Gasteiger charge is 2.85. The van der Waals surface area contributed by atoms with Gasteiger partial charge in [0.15, 0.2) is 5.96 Å². The van der Waals surface area contributed by atoms with Gasteiger partial charge >= 0.3 is 23.5 Å². The molecule has 1 saturated heterocycles. The number of ether oxygens (including phenoxy) is 3. The zero-order valence-corrected chi connectivity index (χ0v) is 31.3. The van der Waals surface area contributed by atoms with Crippen molar-refractivity contribution in [3.63, 3.8) is 0 Å². The molecule has 2 heterocycles. The van der Waals surface area contributed by atoms with E-state index < -0.39 is 29.3 Å². The van der Waals surface area contributed by atoms with Crippen molar-refractivity contribution in [1.29, 1.82) is 0 Å². The molecule has 1 spiro atoms. The number of carboxylic acids is 1. The molecule has 0 aromatic carbocycles. The van der Waals surface area contributed by atoms with Crippen LogP contribution in [0.15, 0.2) is 32.6 Å². The number of guanidine groups is 1. The topological polar surface area (TPSA) is 246 Å². The van der Waals surface area contributed by atoms with Crippen molar-refractivity contribution in [3.8, 4) is 0 Å². The second-order valence-electron chi connectivity index (χ2n) is 16.5. The number of aliphatic carboxylic acids is 1. The second kappa shape index (κ2) is 16.0. The van der Waals surface area contributed by atoms with E-state index in [-0.39, 0.29) is 103 Å². The van der Waals surface area contributed by atoms with Gasteiger partial charge in [-0.25, -0.2) is 9.59 Å². The van der Waals surface area contributed by atoms with Crippen LogP contribution in [0.25, 0.3) is 0 Å². The smallest absolute Gasteiger partial charge is 0.335 e. The molecule has 5 fully saturated rings. The standard InChI is InChI=1S/C39H56N4O11/c1-22(45)52-33-32(23-10-13-30(47)51-20-23)37(2)16-15-26-27(39(37)34(33)54-39)12-11-24-19-25(14-17-38(24,26)21-44)53-31(48)9-5-3-4-8-29(46)43-28(35(49)50)7-6-18-42-36(40)41/h10,13,20,24-28,32-34,44H,3-9,11-12,14-19,21H2,1-2H3,(H,43,46)(H,49,50)(H4,40,41,42)/t24-,25+,26+,27-,28+,32+,33-,34-,37-,38-,39-/m1/s1. The fourth-order valence-corrected chi connectivity index (χ4v) is 11.3. The van der Waals surface area contributed by atoms with E-state index in [2.05, 4.69) is 17.2 Å². The van der Waals surface area contributed by atoms with Crippen LogP contribution >= 0.6 is 0 Å². The monoisotopic (exact) mass is 756 g/mol. The maximum atomic E-state index is 12.9. The first-order valence-corrected chi connectivity index (χ1v) is 19.6. The Morgan fingerprint density at radius 1 is 1.02 bits per heavy atom. The van der Waals surface area contributed by atoms with Crippen LogP contribution in [0, 0.1) is 28.6 Å². The molecule has 4 aliphatic carbocycles.